The number of nitrogens with zero attached hydrogens (tertiary/aromatic N) is 1. The summed E-state index contributed by atoms with van der Waals surface area (Å²) in [5, 5.41) is 1.10. The SMILES string of the molecule is C[C@@H](CN(C)C)C(=O)/C=C/c1c(Cl)cccc1Cl. The predicted molar refractivity (Wildman–Crippen MR) is 78.2 cm³/mol. The fourth-order valence-corrected chi connectivity index (χ4v) is 2.16. The van der Waals surface area contributed by atoms with Crippen LogP contribution < -0.4 is 0 Å². The van der Waals surface area contributed by atoms with Gasteiger partial charge in [0.25, 0.3) is 0 Å². The molecule has 0 aliphatic rings. The summed E-state index contributed by atoms with van der Waals surface area (Å²) in [7, 11) is 3.89. The molecule has 0 aliphatic carbocycles. The number of hydrogen-bond acceptors (Lipinski definition) is 2. The number of benzene rings is 1. The van der Waals surface area contributed by atoms with E-state index in [0.29, 0.717) is 15.6 Å². The van der Waals surface area contributed by atoms with Crippen LogP contribution in [-0.4, -0.2) is 31.3 Å². The first-order valence-electron chi connectivity index (χ1n) is 5.72. The number of hydrogen-bond donors (Lipinski definition) is 0. The van der Waals surface area contributed by atoms with Crippen LogP contribution in [0.15, 0.2) is 24.3 Å². The van der Waals surface area contributed by atoms with E-state index in [-0.39, 0.29) is 11.7 Å². The molecular weight excluding hydrogens is 269 g/mol. The third kappa shape index (κ3) is 4.45. The van der Waals surface area contributed by atoms with Gasteiger partial charge in [-0.05, 0) is 38.4 Å². The molecule has 0 aliphatic heterocycles. The highest BCUT2D eigenvalue weighted by atomic mass is 35.5. The Labute approximate surface area is 118 Å². The number of ketones is 1. The molecule has 0 heterocycles. The molecule has 0 saturated carbocycles. The highest BCUT2D eigenvalue weighted by molar-refractivity contribution is 6.37. The molecule has 1 atom stereocenters. The maximum atomic E-state index is 11.9. The van der Waals surface area contributed by atoms with Gasteiger partial charge in [-0.1, -0.05) is 36.2 Å². The fourth-order valence-electron chi connectivity index (χ4n) is 1.64. The predicted octanol–water partition coefficient (Wildman–Crippen LogP) is 3.77. The minimum Gasteiger partial charge on any atom is -0.309 e. The molecule has 98 valence electrons. The van der Waals surface area contributed by atoms with Gasteiger partial charge in [-0.25, -0.2) is 0 Å². The smallest absolute Gasteiger partial charge is 0.159 e. The van der Waals surface area contributed by atoms with Gasteiger partial charge in [-0.2, -0.15) is 0 Å². The Morgan fingerprint density at radius 2 is 1.89 bits per heavy atom. The van der Waals surface area contributed by atoms with Crippen LogP contribution in [0, 0.1) is 5.92 Å². The lowest BCUT2D eigenvalue weighted by Crippen LogP contribution is -2.24. The van der Waals surface area contributed by atoms with Gasteiger partial charge in [-0.15, -0.1) is 0 Å². The van der Waals surface area contributed by atoms with Crippen LogP contribution >= 0.6 is 23.2 Å². The summed E-state index contributed by atoms with van der Waals surface area (Å²) in [4.78, 5) is 13.9. The van der Waals surface area contributed by atoms with E-state index in [1.807, 2.05) is 25.9 Å². The first-order valence-corrected chi connectivity index (χ1v) is 6.48. The molecule has 2 nitrogen and oxygen atoms in total. The van der Waals surface area contributed by atoms with E-state index in [2.05, 4.69) is 0 Å². The van der Waals surface area contributed by atoms with Crippen molar-refractivity contribution in [2.24, 2.45) is 5.92 Å². The maximum Gasteiger partial charge on any atom is 0.159 e. The normalized spacial score (nSPS) is 13.2. The minimum atomic E-state index is -0.0440. The molecular formula is C14H17Cl2NO. The molecule has 1 rings (SSSR count). The summed E-state index contributed by atoms with van der Waals surface area (Å²) in [6.07, 6.45) is 3.22. The average molecular weight is 286 g/mol. The van der Waals surface area contributed by atoms with Crippen molar-refractivity contribution in [3.05, 3.63) is 39.9 Å². The summed E-state index contributed by atoms with van der Waals surface area (Å²) in [5.74, 6) is 0.0252. The summed E-state index contributed by atoms with van der Waals surface area (Å²) < 4.78 is 0. The van der Waals surface area contributed by atoms with Crippen molar-refractivity contribution in [2.45, 2.75) is 6.92 Å². The maximum absolute atomic E-state index is 11.9. The molecule has 1 aromatic rings. The third-order valence-electron chi connectivity index (χ3n) is 2.54. The Morgan fingerprint density at radius 1 is 1.33 bits per heavy atom. The van der Waals surface area contributed by atoms with E-state index in [1.54, 1.807) is 30.4 Å². The van der Waals surface area contributed by atoms with Crippen LogP contribution in [0.25, 0.3) is 6.08 Å². The van der Waals surface area contributed by atoms with Crippen molar-refractivity contribution in [3.63, 3.8) is 0 Å². The lowest BCUT2D eigenvalue weighted by molar-refractivity contribution is -0.118. The van der Waals surface area contributed by atoms with Crippen LogP contribution in [0.5, 0.6) is 0 Å². The van der Waals surface area contributed by atoms with Gasteiger partial charge in [0.2, 0.25) is 0 Å². The van der Waals surface area contributed by atoms with Crippen LogP contribution in [0.4, 0.5) is 0 Å². The van der Waals surface area contributed by atoms with E-state index in [1.165, 1.54) is 0 Å². The zero-order chi connectivity index (χ0) is 13.7. The van der Waals surface area contributed by atoms with Crippen molar-refractivity contribution in [2.75, 3.05) is 20.6 Å². The first kappa shape index (κ1) is 15.2. The molecule has 0 saturated heterocycles. The summed E-state index contributed by atoms with van der Waals surface area (Å²) in [5.41, 5.74) is 0.686. The first-order chi connectivity index (χ1) is 8.41. The lowest BCUT2D eigenvalue weighted by Gasteiger charge is -2.13. The van der Waals surface area contributed by atoms with Gasteiger partial charge in [0.1, 0.15) is 0 Å². The van der Waals surface area contributed by atoms with Crippen LogP contribution in [0.1, 0.15) is 12.5 Å². The van der Waals surface area contributed by atoms with Crippen molar-refractivity contribution in [1.82, 2.24) is 4.90 Å². The second-order valence-electron chi connectivity index (χ2n) is 4.53. The molecule has 0 amide bonds. The van der Waals surface area contributed by atoms with Crippen molar-refractivity contribution < 1.29 is 4.79 Å². The summed E-state index contributed by atoms with van der Waals surface area (Å²) in [6.45, 7) is 2.63. The number of halogens is 2. The number of carbonyl (C=O) groups is 1. The molecule has 0 bridgehead atoms. The zero-order valence-electron chi connectivity index (χ0n) is 10.8. The molecule has 4 heteroatoms. The lowest BCUT2D eigenvalue weighted by atomic mass is 10.0. The van der Waals surface area contributed by atoms with Gasteiger partial charge >= 0.3 is 0 Å². The monoisotopic (exact) mass is 285 g/mol. The minimum absolute atomic E-state index is 0.0440. The Kier molecular flexibility index (Phi) is 5.86. The highest BCUT2D eigenvalue weighted by Gasteiger charge is 2.11. The van der Waals surface area contributed by atoms with Crippen LogP contribution in [0.3, 0.4) is 0 Å². The molecule has 0 fully saturated rings. The van der Waals surface area contributed by atoms with E-state index >= 15 is 0 Å². The third-order valence-corrected chi connectivity index (χ3v) is 3.20. The van der Waals surface area contributed by atoms with E-state index < -0.39 is 0 Å². The molecule has 0 N–H and O–H groups in total. The van der Waals surface area contributed by atoms with Crippen LogP contribution in [0.2, 0.25) is 10.0 Å². The molecule has 1 aromatic carbocycles. The largest absolute Gasteiger partial charge is 0.309 e. The van der Waals surface area contributed by atoms with Crippen molar-refractivity contribution in [3.8, 4) is 0 Å². The van der Waals surface area contributed by atoms with E-state index in [0.717, 1.165) is 6.54 Å². The van der Waals surface area contributed by atoms with Crippen molar-refractivity contribution >= 4 is 35.1 Å². The van der Waals surface area contributed by atoms with Gasteiger partial charge in [0, 0.05) is 28.1 Å². The van der Waals surface area contributed by atoms with Gasteiger partial charge in [-0.3, -0.25) is 4.79 Å². The zero-order valence-corrected chi connectivity index (χ0v) is 12.3. The Morgan fingerprint density at radius 3 is 2.39 bits per heavy atom. The topological polar surface area (TPSA) is 20.3 Å². The molecule has 0 radical (unpaired) electrons. The quantitative estimate of drug-likeness (QED) is 0.768. The van der Waals surface area contributed by atoms with Gasteiger partial charge in [0.15, 0.2) is 5.78 Å². The van der Waals surface area contributed by atoms with Crippen molar-refractivity contribution in [1.29, 1.82) is 0 Å². The highest BCUT2D eigenvalue weighted by Crippen LogP contribution is 2.25. The number of allylic oxidation sites excluding steroid dienone is 1. The summed E-state index contributed by atoms with van der Waals surface area (Å²) >= 11 is 12.0. The number of carbonyl (C=O) groups excluding carboxylic acids is 1. The van der Waals surface area contributed by atoms with Gasteiger partial charge in [0.05, 0.1) is 0 Å². The number of rotatable bonds is 5. The van der Waals surface area contributed by atoms with Gasteiger partial charge < -0.3 is 4.90 Å². The Hall–Kier alpha value is -0.830. The summed E-state index contributed by atoms with van der Waals surface area (Å²) in [6, 6.07) is 5.28. The van der Waals surface area contributed by atoms with Crippen LogP contribution in [-0.2, 0) is 4.79 Å². The standard InChI is InChI=1S/C14H17Cl2NO/c1-10(9-17(2)3)14(18)8-7-11-12(15)5-4-6-13(11)16/h4-8,10H,9H2,1-3H3/b8-7+/t10-/m0/s1. The molecule has 0 aromatic heterocycles. The average Bonchev–Trinajstić information content (AvgIpc) is 2.27. The van der Waals surface area contributed by atoms with E-state index in [9.17, 15) is 4.79 Å². The second kappa shape index (κ2) is 6.93. The second-order valence-corrected chi connectivity index (χ2v) is 5.35. The molecule has 0 unspecified atom stereocenters. The van der Waals surface area contributed by atoms with E-state index in [4.69, 9.17) is 23.2 Å². The Bertz CT molecular complexity index is 435. The Balaban J connectivity index is 2.78. The molecule has 0 spiro atoms. The molecule has 18 heavy (non-hydrogen) atoms. The fraction of sp³-hybridized carbons (Fsp3) is 0.357.